The maximum Gasteiger partial charge on any atom is 0.372 e. The average molecular weight is 445 g/mol. The van der Waals surface area contributed by atoms with Crippen LogP contribution in [0, 0.1) is 0 Å². The van der Waals surface area contributed by atoms with Crippen LogP contribution in [0.15, 0.2) is 24.6 Å². The van der Waals surface area contributed by atoms with Crippen molar-refractivity contribution < 1.29 is 17.7 Å². The topological polar surface area (TPSA) is 36.9 Å². The van der Waals surface area contributed by atoms with E-state index in [0.717, 1.165) is 51.4 Å². The van der Waals surface area contributed by atoms with Gasteiger partial charge in [0.2, 0.25) is 0 Å². The van der Waals surface area contributed by atoms with Crippen molar-refractivity contribution in [3.63, 3.8) is 0 Å². The molecule has 0 rings (SSSR count). The molecule has 0 unspecified atom stereocenters. The van der Waals surface area contributed by atoms with Gasteiger partial charge in [-0.05, 0) is 37.1 Å². The highest BCUT2D eigenvalue weighted by Crippen LogP contribution is 2.49. The Labute approximate surface area is 183 Å². The highest BCUT2D eigenvalue weighted by molar-refractivity contribution is 6.95. The number of hydrogen-bond acceptors (Lipinski definition) is 4. The van der Waals surface area contributed by atoms with Crippen molar-refractivity contribution in [2.24, 2.45) is 0 Å². The zero-order valence-electron chi connectivity index (χ0n) is 20.2. The Morgan fingerprint density at radius 2 is 0.828 bits per heavy atom. The first-order valence-corrected chi connectivity index (χ1v) is 15.5. The molecular weight excluding hydrogens is 396 g/mol. The summed E-state index contributed by atoms with van der Waals surface area (Å²) in [4.78, 5) is 0. The standard InChI is InChI=1S/C23H48O4Si2/c1-9-15-19-24-28(13-5,25-20-16-10-2)23(7,8)29(14-6,26-21-17-11-3)27-22-18-12-4/h13-14H,5-6,9-12,15-22H2,1-4,7-8H3. The Hall–Kier alpha value is -0.246. The van der Waals surface area contributed by atoms with Crippen LogP contribution < -0.4 is 0 Å². The number of hydrogen-bond donors (Lipinski definition) is 0. The van der Waals surface area contributed by atoms with Crippen molar-refractivity contribution in [3.8, 4) is 0 Å². The Bertz CT molecular complexity index is 383. The second kappa shape index (κ2) is 15.5. The van der Waals surface area contributed by atoms with Gasteiger partial charge < -0.3 is 17.7 Å². The van der Waals surface area contributed by atoms with Gasteiger partial charge in [0.25, 0.3) is 0 Å². The van der Waals surface area contributed by atoms with Crippen molar-refractivity contribution in [2.45, 2.75) is 97.6 Å². The highest BCUT2D eigenvalue weighted by atomic mass is 28.4. The zero-order valence-corrected chi connectivity index (χ0v) is 22.2. The van der Waals surface area contributed by atoms with E-state index in [-0.39, 0.29) is 0 Å². The molecule has 0 aliphatic carbocycles. The van der Waals surface area contributed by atoms with Gasteiger partial charge in [-0.2, -0.15) is 0 Å². The van der Waals surface area contributed by atoms with Gasteiger partial charge in [-0.3, -0.25) is 0 Å². The van der Waals surface area contributed by atoms with Gasteiger partial charge in [0.15, 0.2) is 0 Å². The molecule has 0 aromatic rings. The molecule has 0 radical (unpaired) electrons. The van der Waals surface area contributed by atoms with Gasteiger partial charge in [0.05, 0.1) is 4.66 Å². The summed E-state index contributed by atoms with van der Waals surface area (Å²) >= 11 is 0. The van der Waals surface area contributed by atoms with E-state index in [0.29, 0.717) is 26.4 Å². The number of unbranched alkanes of at least 4 members (excludes halogenated alkanes) is 4. The van der Waals surface area contributed by atoms with E-state index in [1.165, 1.54) is 0 Å². The SMILES string of the molecule is C=C[Si](OCCCC)(OCCCC)C(C)(C)[Si](C=C)(OCCCC)OCCCC. The Morgan fingerprint density at radius 3 is 1.00 bits per heavy atom. The van der Waals surface area contributed by atoms with Crippen LogP contribution in [0.5, 0.6) is 0 Å². The molecule has 0 spiro atoms. The van der Waals surface area contributed by atoms with Crippen molar-refractivity contribution in [1.29, 1.82) is 0 Å². The Balaban J connectivity index is 6.03. The summed E-state index contributed by atoms with van der Waals surface area (Å²) < 4.78 is 25.9. The Kier molecular flexibility index (Phi) is 15.4. The normalized spacial score (nSPS) is 12.9. The predicted molar refractivity (Wildman–Crippen MR) is 129 cm³/mol. The van der Waals surface area contributed by atoms with E-state index >= 15 is 0 Å². The monoisotopic (exact) mass is 444 g/mol. The average Bonchev–Trinajstić information content (AvgIpc) is 2.71. The van der Waals surface area contributed by atoms with Gasteiger partial charge in [-0.15, -0.1) is 13.2 Å². The molecule has 29 heavy (non-hydrogen) atoms. The van der Waals surface area contributed by atoms with Crippen LogP contribution in [-0.2, 0) is 17.7 Å². The maximum absolute atomic E-state index is 6.58. The van der Waals surface area contributed by atoms with Crippen molar-refractivity contribution in [1.82, 2.24) is 0 Å². The number of rotatable bonds is 20. The maximum atomic E-state index is 6.58. The summed E-state index contributed by atoms with van der Waals surface area (Å²) in [5.41, 5.74) is 3.91. The van der Waals surface area contributed by atoms with Crippen LogP contribution in [0.4, 0.5) is 0 Å². The molecule has 0 aromatic carbocycles. The molecule has 4 nitrogen and oxygen atoms in total. The molecule has 6 heteroatoms. The van der Waals surface area contributed by atoms with E-state index in [9.17, 15) is 0 Å². The van der Waals surface area contributed by atoms with Crippen LogP contribution >= 0.6 is 0 Å². The first kappa shape index (κ1) is 28.8. The molecule has 0 aliphatic heterocycles. The van der Waals surface area contributed by atoms with E-state index < -0.39 is 21.8 Å². The smallest absolute Gasteiger partial charge is 0.372 e. The molecule has 172 valence electrons. The summed E-state index contributed by atoms with van der Waals surface area (Å²) in [6, 6.07) is 0. The molecule has 0 fully saturated rings. The second-order valence-electron chi connectivity index (χ2n) is 8.18. The molecule has 0 saturated heterocycles. The minimum atomic E-state index is -2.84. The fourth-order valence-electron chi connectivity index (χ4n) is 3.27. The second-order valence-corrected chi connectivity index (χ2v) is 15.8. The van der Waals surface area contributed by atoms with Gasteiger partial charge in [-0.1, -0.05) is 67.2 Å². The van der Waals surface area contributed by atoms with Gasteiger partial charge in [0.1, 0.15) is 0 Å². The van der Waals surface area contributed by atoms with Crippen LogP contribution in [0.1, 0.15) is 92.9 Å². The summed E-state index contributed by atoms with van der Waals surface area (Å²) in [5.74, 6) is 0. The first-order valence-electron chi connectivity index (χ1n) is 11.7. The van der Waals surface area contributed by atoms with Crippen LogP contribution in [0.25, 0.3) is 0 Å². The molecule has 0 atom stereocenters. The lowest BCUT2D eigenvalue weighted by molar-refractivity contribution is 0.128. The molecule has 0 amide bonds. The third-order valence-electron chi connectivity index (χ3n) is 5.54. The molecule has 0 heterocycles. The third kappa shape index (κ3) is 8.07. The van der Waals surface area contributed by atoms with E-state index in [4.69, 9.17) is 17.7 Å². The molecule has 0 bridgehead atoms. The largest absolute Gasteiger partial charge is 0.391 e. The molecule has 0 aliphatic rings. The molecular formula is C23H48O4Si2. The van der Waals surface area contributed by atoms with Crippen molar-refractivity contribution >= 4 is 17.1 Å². The summed E-state index contributed by atoms with van der Waals surface area (Å²) in [7, 11) is -5.69. The minimum Gasteiger partial charge on any atom is -0.391 e. The summed E-state index contributed by atoms with van der Waals surface area (Å²) in [6.45, 7) is 24.2. The first-order chi connectivity index (χ1) is 13.9. The fraction of sp³-hybridized carbons (Fsp3) is 0.826. The zero-order chi connectivity index (χ0) is 22.2. The molecule has 0 aromatic heterocycles. The van der Waals surface area contributed by atoms with Crippen molar-refractivity contribution in [3.05, 3.63) is 24.6 Å². The lowest BCUT2D eigenvalue weighted by Crippen LogP contribution is -2.65. The fourth-order valence-corrected chi connectivity index (χ4v) is 11.6. The Morgan fingerprint density at radius 1 is 0.586 bits per heavy atom. The van der Waals surface area contributed by atoms with E-state index in [1.807, 2.05) is 11.4 Å². The lowest BCUT2D eigenvalue weighted by Gasteiger charge is -2.49. The van der Waals surface area contributed by atoms with Gasteiger partial charge in [-0.25, -0.2) is 0 Å². The molecule has 0 N–H and O–H groups in total. The lowest BCUT2D eigenvalue weighted by atomic mass is 10.4. The van der Waals surface area contributed by atoms with Gasteiger partial charge >= 0.3 is 17.1 Å². The highest BCUT2D eigenvalue weighted by Gasteiger charge is 2.65. The van der Waals surface area contributed by atoms with Crippen LogP contribution in [0.2, 0.25) is 4.66 Å². The third-order valence-corrected chi connectivity index (χ3v) is 14.7. The van der Waals surface area contributed by atoms with Crippen LogP contribution in [0.3, 0.4) is 0 Å². The summed E-state index contributed by atoms with van der Waals surface area (Å²) in [5, 5.41) is 0. The summed E-state index contributed by atoms with van der Waals surface area (Å²) in [6.07, 6.45) is 8.36. The van der Waals surface area contributed by atoms with Gasteiger partial charge in [0, 0.05) is 26.4 Å². The molecule has 0 saturated carbocycles. The van der Waals surface area contributed by atoms with E-state index in [1.54, 1.807) is 0 Å². The van der Waals surface area contributed by atoms with Crippen molar-refractivity contribution in [2.75, 3.05) is 26.4 Å². The van der Waals surface area contributed by atoms with Crippen LogP contribution in [-0.4, -0.2) is 43.5 Å². The quantitative estimate of drug-likeness (QED) is 0.151. The predicted octanol–water partition coefficient (Wildman–Crippen LogP) is 6.91. The minimum absolute atomic E-state index is 0.424. The van der Waals surface area contributed by atoms with E-state index in [2.05, 4.69) is 54.7 Å².